The van der Waals surface area contributed by atoms with Gasteiger partial charge in [0.1, 0.15) is 11.6 Å². The molecule has 5 heteroatoms. The van der Waals surface area contributed by atoms with Crippen LogP contribution in [0.1, 0.15) is 24.1 Å². The molecule has 1 aliphatic heterocycles. The Hall–Kier alpha value is -2.27. The van der Waals surface area contributed by atoms with Gasteiger partial charge in [0.2, 0.25) is 5.91 Å². The third-order valence-corrected chi connectivity index (χ3v) is 4.81. The molecule has 3 nitrogen and oxygen atoms in total. The van der Waals surface area contributed by atoms with E-state index in [1.54, 1.807) is 24.3 Å². The van der Waals surface area contributed by atoms with Gasteiger partial charge in [-0.05, 0) is 42.3 Å². The molecule has 0 spiro atoms. The van der Waals surface area contributed by atoms with Gasteiger partial charge in [0.25, 0.3) is 0 Å². The highest BCUT2D eigenvalue weighted by Crippen LogP contribution is 2.22. The lowest BCUT2D eigenvalue weighted by Gasteiger charge is -2.38. The molecule has 1 heterocycles. The van der Waals surface area contributed by atoms with Crippen LogP contribution in [0.4, 0.5) is 8.78 Å². The van der Waals surface area contributed by atoms with E-state index < -0.39 is 0 Å². The number of benzene rings is 2. The summed E-state index contributed by atoms with van der Waals surface area (Å²) >= 11 is 0. The standard InChI is InChI=1S/C20H22F2N2O/c1-15(17-3-2-4-19(22)14-17)23-9-11-24(12-10-23)20(25)13-16-5-7-18(21)8-6-16/h2-8,14-15H,9-13H2,1H3/t15-/m0/s1. The summed E-state index contributed by atoms with van der Waals surface area (Å²) in [7, 11) is 0. The molecule has 0 aromatic heterocycles. The maximum Gasteiger partial charge on any atom is 0.227 e. The maximum atomic E-state index is 13.4. The Labute approximate surface area is 146 Å². The van der Waals surface area contributed by atoms with Crippen LogP contribution in [0.2, 0.25) is 0 Å². The molecule has 3 rings (SSSR count). The van der Waals surface area contributed by atoms with Gasteiger partial charge in [0, 0.05) is 32.2 Å². The van der Waals surface area contributed by atoms with Gasteiger partial charge in [-0.25, -0.2) is 8.78 Å². The predicted octanol–water partition coefficient (Wildman–Crippen LogP) is 3.41. The SMILES string of the molecule is C[C@@H](c1cccc(F)c1)N1CCN(C(=O)Cc2ccc(F)cc2)CC1. The minimum atomic E-state index is -0.295. The molecule has 0 unspecified atom stereocenters. The summed E-state index contributed by atoms with van der Waals surface area (Å²) < 4.78 is 26.3. The lowest BCUT2D eigenvalue weighted by molar-refractivity contribution is -0.132. The van der Waals surface area contributed by atoms with Crippen LogP contribution >= 0.6 is 0 Å². The van der Waals surface area contributed by atoms with E-state index in [1.807, 2.05) is 11.0 Å². The van der Waals surface area contributed by atoms with Crippen molar-refractivity contribution < 1.29 is 13.6 Å². The Bertz CT molecular complexity index is 725. The Morgan fingerprint density at radius 1 is 1.00 bits per heavy atom. The van der Waals surface area contributed by atoms with Crippen molar-refractivity contribution >= 4 is 5.91 Å². The Balaban J connectivity index is 1.54. The largest absolute Gasteiger partial charge is 0.340 e. The second-order valence-electron chi connectivity index (χ2n) is 6.45. The number of hydrogen-bond donors (Lipinski definition) is 0. The van der Waals surface area contributed by atoms with Crippen LogP contribution in [0.15, 0.2) is 48.5 Å². The van der Waals surface area contributed by atoms with E-state index in [1.165, 1.54) is 18.2 Å². The first-order chi connectivity index (χ1) is 12.0. The van der Waals surface area contributed by atoms with Crippen LogP contribution in [-0.2, 0) is 11.2 Å². The average Bonchev–Trinajstić information content (AvgIpc) is 2.63. The van der Waals surface area contributed by atoms with E-state index in [0.29, 0.717) is 19.5 Å². The zero-order chi connectivity index (χ0) is 17.8. The van der Waals surface area contributed by atoms with Crippen LogP contribution < -0.4 is 0 Å². The van der Waals surface area contributed by atoms with Crippen molar-refractivity contribution in [1.29, 1.82) is 0 Å². The molecule has 0 aliphatic carbocycles. The third kappa shape index (κ3) is 4.42. The summed E-state index contributed by atoms with van der Waals surface area (Å²) in [5.74, 6) is -0.460. The van der Waals surface area contributed by atoms with E-state index in [4.69, 9.17) is 0 Å². The van der Waals surface area contributed by atoms with E-state index in [0.717, 1.165) is 24.2 Å². The van der Waals surface area contributed by atoms with Crippen molar-refractivity contribution in [3.05, 3.63) is 71.3 Å². The first-order valence-electron chi connectivity index (χ1n) is 8.54. The summed E-state index contributed by atoms with van der Waals surface area (Å²) in [5.41, 5.74) is 1.77. The molecule has 1 atom stereocenters. The zero-order valence-corrected chi connectivity index (χ0v) is 14.3. The molecule has 132 valence electrons. The lowest BCUT2D eigenvalue weighted by Crippen LogP contribution is -2.49. The van der Waals surface area contributed by atoms with Crippen LogP contribution in [-0.4, -0.2) is 41.9 Å². The minimum absolute atomic E-state index is 0.0599. The fraction of sp³-hybridized carbons (Fsp3) is 0.350. The van der Waals surface area contributed by atoms with Crippen molar-refractivity contribution in [3.8, 4) is 0 Å². The molecule has 0 radical (unpaired) electrons. The second kappa shape index (κ2) is 7.74. The minimum Gasteiger partial charge on any atom is -0.340 e. The number of halogens is 2. The summed E-state index contributed by atoms with van der Waals surface area (Å²) in [5, 5.41) is 0. The van der Waals surface area contributed by atoms with Crippen molar-refractivity contribution in [3.63, 3.8) is 0 Å². The Kier molecular flexibility index (Phi) is 5.43. The highest BCUT2D eigenvalue weighted by molar-refractivity contribution is 5.78. The van der Waals surface area contributed by atoms with Gasteiger partial charge in [0.05, 0.1) is 6.42 Å². The van der Waals surface area contributed by atoms with Crippen LogP contribution in [0.3, 0.4) is 0 Å². The van der Waals surface area contributed by atoms with Crippen LogP contribution in [0.25, 0.3) is 0 Å². The van der Waals surface area contributed by atoms with Gasteiger partial charge in [-0.3, -0.25) is 9.69 Å². The molecular weight excluding hydrogens is 322 g/mol. The fourth-order valence-corrected chi connectivity index (χ4v) is 3.22. The molecule has 2 aromatic rings. The summed E-state index contributed by atoms with van der Waals surface area (Å²) in [6.07, 6.45) is 0.291. The molecule has 1 amide bonds. The first-order valence-corrected chi connectivity index (χ1v) is 8.54. The fourth-order valence-electron chi connectivity index (χ4n) is 3.22. The summed E-state index contributed by atoms with van der Waals surface area (Å²) in [4.78, 5) is 16.5. The van der Waals surface area contributed by atoms with Gasteiger partial charge in [-0.2, -0.15) is 0 Å². The van der Waals surface area contributed by atoms with Gasteiger partial charge in [0.15, 0.2) is 0 Å². The topological polar surface area (TPSA) is 23.6 Å². The third-order valence-electron chi connectivity index (χ3n) is 4.81. The van der Waals surface area contributed by atoms with Crippen molar-refractivity contribution in [2.45, 2.75) is 19.4 Å². The number of nitrogens with zero attached hydrogens (tertiary/aromatic N) is 2. The lowest BCUT2D eigenvalue weighted by atomic mass is 10.1. The Morgan fingerprint density at radius 3 is 2.32 bits per heavy atom. The normalized spacial score (nSPS) is 16.7. The van der Waals surface area contributed by atoms with Gasteiger partial charge in [-0.1, -0.05) is 24.3 Å². The quantitative estimate of drug-likeness (QED) is 0.849. The zero-order valence-electron chi connectivity index (χ0n) is 14.3. The van der Waals surface area contributed by atoms with Gasteiger partial charge < -0.3 is 4.90 Å². The highest BCUT2D eigenvalue weighted by Gasteiger charge is 2.24. The molecule has 0 bridgehead atoms. The number of carbonyl (C=O) groups is 1. The van der Waals surface area contributed by atoms with Crippen LogP contribution in [0.5, 0.6) is 0 Å². The number of piperazine rings is 1. The van der Waals surface area contributed by atoms with E-state index in [-0.39, 0.29) is 23.6 Å². The number of hydrogen-bond acceptors (Lipinski definition) is 2. The van der Waals surface area contributed by atoms with Crippen LogP contribution in [0, 0.1) is 11.6 Å². The average molecular weight is 344 g/mol. The van der Waals surface area contributed by atoms with E-state index >= 15 is 0 Å². The molecule has 1 fully saturated rings. The molecule has 1 aliphatic rings. The van der Waals surface area contributed by atoms with Gasteiger partial charge in [-0.15, -0.1) is 0 Å². The molecule has 1 saturated heterocycles. The predicted molar refractivity (Wildman–Crippen MR) is 93.1 cm³/mol. The number of carbonyl (C=O) groups excluding carboxylic acids is 1. The molecule has 0 saturated carbocycles. The van der Waals surface area contributed by atoms with Gasteiger partial charge >= 0.3 is 0 Å². The molecule has 25 heavy (non-hydrogen) atoms. The molecule has 0 N–H and O–H groups in total. The Morgan fingerprint density at radius 2 is 1.68 bits per heavy atom. The van der Waals surface area contributed by atoms with Crippen molar-refractivity contribution in [2.24, 2.45) is 0 Å². The second-order valence-corrected chi connectivity index (χ2v) is 6.45. The number of amides is 1. The van der Waals surface area contributed by atoms with E-state index in [2.05, 4.69) is 11.8 Å². The first kappa shape index (κ1) is 17.5. The number of rotatable bonds is 4. The van der Waals surface area contributed by atoms with Crippen molar-refractivity contribution in [1.82, 2.24) is 9.80 Å². The van der Waals surface area contributed by atoms with Crippen molar-refractivity contribution in [2.75, 3.05) is 26.2 Å². The monoisotopic (exact) mass is 344 g/mol. The molecule has 2 aromatic carbocycles. The summed E-state index contributed by atoms with van der Waals surface area (Å²) in [6.45, 7) is 4.88. The maximum absolute atomic E-state index is 13.4. The smallest absolute Gasteiger partial charge is 0.227 e. The summed E-state index contributed by atoms with van der Waals surface area (Å²) in [6, 6.07) is 12.8. The van der Waals surface area contributed by atoms with E-state index in [9.17, 15) is 13.6 Å². The molecular formula is C20H22F2N2O. The highest BCUT2D eigenvalue weighted by atomic mass is 19.1.